The average molecular weight is 393 g/mol. The number of fused-ring (bicyclic) bond motifs is 1. The van der Waals surface area contributed by atoms with Crippen LogP contribution in [0.15, 0.2) is 36.4 Å². The highest BCUT2D eigenvalue weighted by Gasteiger charge is 2.36. The van der Waals surface area contributed by atoms with Crippen LogP contribution >= 0.6 is 0 Å². The molecule has 2 aromatic carbocycles. The Bertz CT molecular complexity index is 860. The van der Waals surface area contributed by atoms with Crippen molar-refractivity contribution in [2.75, 3.05) is 26.7 Å². The number of benzene rings is 2. The van der Waals surface area contributed by atoms with Gasteiger partial charge in [0.2, 0.25) is 0 Å². The molecular weight excluding hydrogens is 370 g/mol. The van der Waals surface area contributed by atoms with Crippen LogP contribution in [0, 0.1) is 11.7 Å². The molecule has 0 N–H and O–H groups in total. The van der Waals surface area contributed by atoms with E-state index in [-0.39, 0.29) is 23.4 Å². The SMILES string of the molecule is COc1cc2c(cc1F)CC(CN1CCC1)C2Cc1cccc(C(F)(F)F)c1. The van der Waals surface area contributed by atoms with Crippen LogP contribution in [0.25, 0.3) is 0 Å². The molecule has 6 heteroatoms. The Balaban J connectivity index is 1.65. The van der Waals surface area contributed by atoms with Gasteiger partial charge in [-0.05, 0) is 79.1 Å². The van der Waals surface area contributed by atoms with Crippen LogP contribution in [0.1, 0.15) is 34.6 Å². The van der Waals surface area contributed by atoms with Crippen molar-refractivity contribution in [3.05, 3.63) is 64.5 Å². The highest BCUT2D eigenvalue weighted by molar-refractivity contribution is 5.44. The third-order valence-corrected chi connectivity index (χ3v) is 6.02. The number of halogens is 4. The minimum atomic E-state index is -4.35. The number of hydrogen-bond donors (Lipinski definition) is 0. The molecule has 0 bridgehead atoms. The van der Waals surface area contributed by atoms with Gasteiger partial charge in [-0.3, -0.25) is 0 Å². The lowest BCUT2D eigenvalue weighted by molar-refractivity contribution is -0.137. The van der Waals surface area contributed by atoms with Crippen molar-refractivity contribution in [1.82, 2.24) is 4.90 Å². The minimum Gasteiger partial charge on any atom is -0.494 e. The molecule has 2 aliphatic rings. The van der Waals surface area contributed by atoms with Gasteiger partial charge in [-0.15, -0.1) is 0 Å². The maximum Gasteiger partial charge on any atom is 0.416 e. The van der Waals surface area contributed by atoms with Crippen LogP contribution in [0.4, 0.5) is 17.6 Å². The molecule has 0 spiro atoms. The van der Waals surface area contributed by atoms with Gasteiger partial charge in [-0.1, -0.05) is 18.2 Å². The number of methoxy groups -OCH3 is 1. The maximum absolute atomic E-state index is 14.2. The number of likely N-dealkylation sites (tertiary alicyclic amines) is 1. The Morgan fingerprint density at radius 2 is 1.93 bits per heavy atom. The van der Waals surface area contributed by atoms with Crippen LogP contribution in [0.3, 0.4) is 0 Å². The zero-order chi connectivity index (χ0) is 19.9. The van der Waals surface area contributed by atoms with Crippen molar-refractivity contribution in [1.29, 1.82) is 0 Å². The lowest BCUT2D eigenvalue weighted by Crippen LogP contribution is -2.41. The summed E-state index contributed by atoms with van der Waals surface area (Å²) in [5, 5.41) is 0. The first-order chi connectivity index (χ1) is 13.3. The predicted molar refractivity (Wildman–Crippen MR) is 99.1 cm³/mol. The lowest BCUT2D eigenvalue weighted by atomic mass is 9.85. The van der Waals surface area contributed by atoms with E-state index in [2.05, 4.69) is 4.90 Å². The first-order valence-electron chi connectivity index (χ1n) is 9.60. The molecule has 0 amide bonds. The van der Waals surface area contributed by atoms with E-state index in [0.29, 0.717) is 12.0 Å². The van der Waals surface area contributed by atoms with E-state index < -0.39 is 11.7 Å². The Hall–Kier alpha value is -2.08. The number of hydrogen-bond acceptors (Lipinski definition) is 2. The second kappa shape index (κ2) is 7.39. The maximum atomic E-state index is 14.2. The molecular formula is C22H23F4NO. The summed E-state index contributed by atoms with van der Waals surface area (Å²) >= 11 is 0. The summed E-state index contributed by atoms with van der Waals surface area (Å²) in [6.45, 7) is 3.00. The monoisotopic (exact) mass is 393 g/mol. The molecule has 1 fully saturated rings. The van der Waals surface area contributed by atoms with E-state index in [4.69, 9.17) is 4.74 Å². The molecule has 2 nitrogen and oxygen atoms in total. The van der Waals surface area contributed by atoms with Crippen molar-refractivity contribution >= 4 is 0 Å². The van der Waals surface area contributed by atoms with E-state index in [0.717, 1.165) is 43.2 Å². The van der Waals surface area contributed by atoms with Gasteiger partial charge in [0.05, 0.1) is 12.7 Å². The van der Waals surface area contributed by atoms with Crippen LogP contribution < -0.4 is 4.74 Å². The van der Waals surface area contributed by atoms with Gasteiger partial charge in [0, 0.05) is 6.54 Å². The fourth-order valence-corrected chi connectivity index (χ4v) is 4.46. The largest absolute Gasteiger partial charge is 0.494 e. The average Bonchev–Trinajstić information content (AvgIpc) is 2.93. The first kappa shape index (κ1) is 19.2. The fraction of sp³-hybridized carbons (Fsp3) is 0.455. The molecule has 150 valence electrons. The van der Waals surface area contributed by atoms with Crippen LogP contribution in [-0.4, -0.2) is 31.6 Å². The second-order valence-corrected chi connectivity index (χ2v) is 7.81. The molecule has 2 atom stereocenters. The topological polar surface area (TPSA) is 12.5 Å². The number of ether oxygens (including phenoxy) is 1. The van der Waals surface area contributed by atoms with Crippen LogP contribution in [0.2, 0.25) is 0 Å². The smallest absolute Gasteiger partial charge is 0.416 e. The standard InChI is InChI=1S/C22H23F4NO/c1-28-21-12-19-15(11-20(21)23)10-16(13-27-6-3-7-27)18(19)9-14-4-2-5-17(8-14)22(24,25)26/h2,4-5,8,11-12,16,18H,3,6-7,9-10,13H2,1H3. The van der Waals surface area contributed by atoms with Crippen molar-refractivity contribution in [3.8, 4) is 5.75 Å². The highest BCUT2D eigenvalue weighted by Crippen LogP contribution is 2.43. The minimum absolute atomic E-state index is 0.0496. The molecule has 0 radical (unpaired) electrons. The zero-order valence-corrected chi connectivity index (χ0v) is 15.7. The van der Waals surface area contributed by atoms with Gasteiger partial charge in [0.15, 0.2) is 11.6 Å². The Morgan fingerprint density at radius 1 is 1.14 bits per heavy atom. The number of nitrogens with zero attached hydrogens (tertiary/aromatic N) is 1. The normalized spacial score (nSPS) is 22.0. The molecule has 2 unspecified atom stereocenters. The van der Waals surface area contributed by atoms with Gasteiger partial charge < -0.3 is 9.64 Å². The van der Waals surface area contributed by atoms with E-state index in [9.17, 15) is 17.6 Å². The summed E-state index contributed by atoms with van der Waals surface area (Å²) in [5.41, 5.74) is 1.98. The lowest BCUT2D eigenvalue weighted by Gasteiger charge is -2.35. The Morgan fingerprint density at radius 3 is 2.57 bits per heavy atom. The molecule has 28 heavy (non-hydrogen) atoms. The van der Waals surface area contributed by atoms with E-state index >= 15 is 0 Å². The van der Waals surface area contributed by atoms with E-state index in [1.165, 1.54) is 31.7 Å². The van der Waals surface area contributed by atoms with Gasteiger partial charge >= 0.3 is 6.18 Å². The Kier molecular flexibility index (Phi) is 5.08. The van der Waals surface area contributed by atoms with Crippen molar-refractivity contribution in [2.24, 2.45) is 5.92 Å². The van der Waals surface area contributed by atoms with Crippen molar-refractivity contribution in [3.63, 3.8) is 0 Å². The third kappa shape index (κ3) is 3.75. The second-order valence-electron chi connectivity index (χ2n) is 7.81. The molecule has 1 heterocycles. The molecule has 1 aliphatic carbocycles. The zero-order valence-electron chi connectivity index (χ0n) is 15.7. The first-order valence-corrected chi connectivity index (χ1v) is 9.60. The molecule has 1 aliphatic heterocycles. The summed E-state index contributed by atoms with van der Waals surface area (Å²) in [5.74, 6) is 0.117. The quantitative estimate of drug-likeness (QED) is 0.659. The molecule has 2 aromatic rings. The van der Waals surface area contributed by atoms with Gasteiger partial charge in [0.25, 0.3) is 0 Å². The third-order valence-electron chi connectivity index (χ3n) is 6.02. The summed E-state index contributed by atoms with van der Waals surface area (Å²) in [4.78, 5) is 2.36. The Labute approximate surface area is 162 Å². The number of alkyl halides is 3. The van der Waals surface area contributed by atoms with Gasteiger partial charge in [-0.2, -0.15) is 13.2 Å². The van der Waals surface area contributed by atoms with E-state index in [1.807, 2.05) is 0 Å². The highest BCUT2D eigenvalue weighted by atomic mass is 19.4. The van der Waals surface area contributed by atoms with Crippen LogP contribution in [0.5, 0.6) is 5.75 Å². The van der Waals surface area contributed by atoms with Gasteiger partial charge in [-0.25, -0.2) is 4.39 Å². The fourth-order valence-electron chi connectivity index (χ4n) is 4.46. The predicted octanol–water partition coefficient (Wildman–Crippen LogP) is 5.06. The molecule has 1 saturated heterocycles. The number of rotatable bonds is 5. The summed E-state index contributed by atoms with van der Waals surface area (Å²) in [6, 6.07) is 8.81. The molecule has 0 aromatic heterocycles. The molecule has 4 rings (SSSR count). The summed E-state index contributed by atoms with van der Waals surface area (Å²) in [6.07, 6.45) is -1.92. The van der Waals surface area contributed by atoms with Gasteiger partial charge in [0.1, 0.15) is 0 Å². The summed E-state index contributed by atoms with van der Waals surface area (Å²) in [7, 11) is 1.43. The van der Waals surface area contributed by atoms with Crippen LogP contribution in [-0.2, 0) is 19.0 Å². The summed E-state index contributed by atoms with van der Waals surface area (Å²) < 4.78 is 58.6. The molecule has 0 saturated carbocycles. The van der Waals surface area contributed by atoms with E-state index in [1.54, 1.807) is 12.1 Å². The van der Waals surface area contributed by atoms with Crippen molar-refractivity contribution in [2.45, 2.75) is 31.4 Å². The van der Waals surface area contributed by atoms with Crippen molar-refractivity contribution < 1.29 is 22.3 Å².